The van der Waals surface area contributed by atoms with E-state index in [9.17, 15) is 34.2 Å². The van der Waals surface area contributed by atoms with Gasteiger partial charge in [0.15, 0.2) is 5.72 Å². The maximum absolute atomic E-state index is 14.3. The van der Waals surface area contributed by atoms with Crippen molar-refractivity contribution >= 4 is 68.7 Å². The highest BCUT2D eigenvalue weighted by molar-refractivity contribution is 8.76. The number of hydrogen-bond donors (Lipinski definition) is 4. The number of esters is 1. The zero-order chi connectivity index (χ0) is 51.8. The van der Waals surface area contributed by atoms with Crippen molar-refractivity contribution < 1.29 is 53.1 Å². The van der Waals surface area contributed by atoms with E-state index in [2.05, 4.69) is 24.5 Å². The Bertz CT molecular complexity index is 1990. The van der Waals surface area contributed by atoms with Gasteiger partial charge in [-0.2, -0.15) is 0 Å². The molecule has 0 radical (unpaired) electrons. The smallest absolute Gasteiger partial charge is 0.409 e. The molecule has 4 N–H and O–H groups in total. The first-order valence-electron chi connectivity index (χ1n) is 25.1. The number of anilines is 1. The minimum atomic E-state index is -1.91. The summed E-state index contributed by atoms with van der Waals surface area (Å²) in [7, 11) is 9.11. The van der Waals surface area contributed by atoms with Gasteiger partial charge in [0.05, 0.1) is 24.8 Å². The van der Waals surface area contributed by atoms with E-state index < -0.39 is 66.0 Å². The van der Waals surface area contributed by atoms with Crippen LogP contribution in [-0.2, 0) is 39.8 Å². The molecule has 1 aliphatic carbocycles. The number of aliphatic hydroxyl groups is 2. The highest BCUT2D eigenvalue weighted by Crippen LogP contribution is 2.39. The molecule has 4 amide bonds. The van der Waals surface area contributed by atoms with Crippen molar-refractivity contribution in [3.8, 4) is 5.75 Å². The number of halogens is 1. The normalized spacial score (nSPS) is 29.2. The molecule has 1 aromatic rings. The van der Waals surface area contributed by atoms with Gasteiger partial charge in [-0.15, -0.1) is 0 Å². The number of likely N-dealkylation sites (N-methyl/N-ethyl adjacent to an activating group) is 1. The summed E-state index contributed by atoms with van der Waals surface area (Å²) in [6.45, 7) is 10.9. The van der Waals surface area contributed by atoms with Crippen LogP contribution < -0.4 is 20.3 Å². The number of rotatable bonds is 17. The van der Waals surface area contributed by atoms with Gasteiger partial charge in [-0.3, -0.25) is 19.7 Å². The summed E-state index contributed by atoms with van der Waals surface area (Å²) in [6.07, 6.45) is 12.6. The number of alkyl carbamates (subject to hydrolysis) is 1. The molecule has 70 heavy (non-hydrogen) atoms. The molecule has 4 rings (SSSR count). The average molecular weight is 1040 g/mol. The number of hydrogen-bond acceptors (Lipinski definition) is 13. The molecule has 18 heteroatoms. The minimum Gasteiger partial charge on any atom is -0.495 e. The van der Waals surface area contributed by atoms with Gasteiger partial charge in [0.25, 0.3) is 0 Å². The maximum Gasteiger partial charge on any atom is 0.409 e. The summed E-state index contributed by atoms with van der Waals surface area (Å²) in [5, 5.41) is 30.3. The Balaban J connectivity index is 1.44. The Morgan fingerprint density at radius 3 is 2.49 bits per heavy atom. The number of ether oxygens (including phenoxy) is 4. The lowest BCUT2D eigenvalue weighted by molar-refractivity contribution is -0.176. The number of allylic oxidation sites excluding steroid dienone is 3. The molecule has 4 bridgehead atoms. The van der Waals surface area contributed by atoms with Crippen molar-refractivity contribution in [2.24, 2.45) is 11.8 Å². The Hall–Kier alpha value is -3.48. The number of nitrogens with zero attached hydrogens (tertiary/aromatic N) is 2. The molecule has 1 aromatic carbocycles. The van der Waals surface area contributed by atoms with Crippen molar-refractivity contribution in [3.63, 3.8) is 0 Å². The van der Waals surface area contributed by atoms with Gasteiger partial charge in [0.1, 0.15) is 35.1 Å². The first-order valence-corrected chi connectivity index (χ1v) is 27.9. The first-order chi connectivity index (χ1) is 33.1. The lowest BCUT2D eigenvalue weighted by Gasteiger charge is -2.43. The fraction of sp³-hybridized carbons (Fsp3) is 0.712. The van der Waals surface area contributed by atoms with E-state index in [1.54, 1.807) is 52.8 Å². The third-order valence-corrected chi connectivity index (χ3v) is 17.4. The highest BCUT2D eigenvalue weighted by Gasteiger charge is 2.49. The van der Waals surface area contributed by atoms with Gasteiger partial charge >= 0.3 is 12.1 Å². The maximum atomic E-state index is 14.3. The number of methoxy groups -OCH3 is 2. The molecule has 1 saturated carbocycles. The van der Waals surface area contributed by atoms with Crippen LogP contribution in [0.5, 0.6) is 5.75 Å². The molecular formula is C52H81ClN4O11S2. The van der Waals surface area contributed by atoms with Gasteiger partial charge in [0.2, 0.25) is 17.7 Å². The third-order valence-electron chi connectivity index (χ3n) is 14.1. The van der Waals surface area contributed by atoms with E-state index in [0.717, 1.165) is 36.8 Å². The predicted octanol–water partition coefficient (Wildman–Crippen LogP) is 9.08. The summed E-state index contributed by atoms with van der Waals surface area (Å²) < 4.78 is 22.9. The molecule has 3 unspecified atom stereocenters. The van der Waals surface area contributed by atoms with Crippen molar-refractivity contribution in [3.05, 3.63) is 46.5 Å². The van der Waals surface area contributed by atoms with Crippen LogP contribution in [-0.4, -0.2) is 126 Å². The number of unbranched alkanes of at least 4 members (excludes halogenated alkanes) is 1. The molecule has 15 nitrogen and oxygen atoms in total. The third kappa shape index (κ3) is 17.3. The number of carbonyl (C=O) groups is 5. The van der Waals surface area contributed by atoms with Crippen LogP contribution in [0.15, 0.2) is 35.9 Å². The van der Waals surface area contributed by atoms with Crippen LogP contribution in [0.4, 0.5) is 10.5 Å². The van der Waals surface area contributed by atoms with Gasteiger partial charge in [-0.1, -0.05) is 116 Å². The van der Waals surface area contributed by atoms with E-state index >= 15 is 0 Å². The second kappa shape index (κ2) is 28.1. The number of amides is 4. The van der Waals surface area contributed by atoms with Crippen LogP contribution >= 0.6 is 33.2 Å². The summed E-state index contributed by atoms with van der Waals surface area (Å²) >= 11 is 6.80. The molecule has 2 fully saturated rings. The summed E-state index contributed by atoms with van der Waals surface area (Å²) in [6, 6.07) is 2.69. The molecule has 0 spiro atoms. The summed E-state index contributed by atoms with van der Waals surface area (Å²) in [5.41, 5.74) is -1.79. The SMILES string of the molecule is CCCCC1CCCCCCC1NC(=O)CCC(C)SSCCC(=O)N(C)[C@@H](C)C(=O)O[C@H]1CC(=O)N(C)c2cc(cc(OC)c2Cl)C/C(C)=C/C=C/[C@@H](OC)[C@@]2(O)C[C@H](OC(=O)N2)[C@@H](C)C[C@@]1(C)O. The van der Waals surface area contributed by atoms with Gasteiger partial charge in [-0.05, 0) is 88.8 Å². The predicted molar refractivity (Wildman–Crippen MR) is 279 cm³/mol. The standard InChI is InChI=1S/C52H81ClN4O11S2/c1-11-12-19-38-20-15-13-14-16-21-39(38)54-45(58)24-23-35(4)70-69-26-25-46(59)56(7)36(5)49(61)68-44-30-47(60)57(8)40-28-37(29-41(65-9)48(40)53)27-33(2)18-17-22-43(66-10)52(64)32-42(67-50(62)55-52)34(3)31-51(44,6)63/h17-18,22,28-29,34-36,38-39,42-44,63-64H,11-16,19-21,23-27,30-32H2,1-10H3,(H,54,58)(H,55,62)/b22-17+,33-18+/t34-,35?,36-,38?,39?,42-,43+,44-,51+,52-/m0/s1. The highest BCUT2D eigenvalue weighted by atomic mass is 35.5. The van der Waals surface area contributed by atoms with Gasteiger partial charge < -0.3 is 44.3 Å². The van der Waals surface area contributed by atoms with Crippen molar-refractivity contribution in [2.45, 2.75) is 191 Å². The topological polar surface area (TPSA) is 193 Å². The van der Waals surface area contributed by atoms with Crippen LogP contribution in [0, 0.1) is 11.8 Å². The lowest BCUT2D eigenvalue weighted by atomic mass is 9.81. The van der Waals surface area contributed by atoms with E-state index in [1.165, 1.54) is 90.5 Å². The summed E-state index contributed by atoms with van der Waals surface area (Å²) in [5.74, 6) is -0.845. The number of carbonyl (C=O) groups excluding carboxylic acids is 5. The molecule has 10 atom stereocenters. The van der Waals surface area contributed by atoms with E-state index in [4.69, 9.17) is 30.5 Å². The largest absolute Gasteiger partial charge is 0.495 e. The fourth-order valence-corrected chi connectivity index (χ4v) is 12.2. The minimum absolute atomic E-state index is 0.111. The Morgan fingerprint density at radius 2 is 1.80 bits per heavy atom. The van der Waals surface area contributed by atoms with Crippen LogP contribution in [0.2, 0.25) is 5.02 Å². The second-order valence-electron chi connectivity index (χ2n) is 19.9. The molecule has 394 valence electrons. The van der Waals surface area contributed by atoms with E-state index in [1.807, 2.05) is 13.0 Å². The molecule has 1 saturated heterocycles. The zero-order valence-electron chi connectivity index (χ0n) is 43.2. The molecule has 2 heterocycles. The van der Waals surface area contributed by atoms with Crippen LogP contribution in [0.1, 0.15) is 143 Å². The number of nitrogens with one attached hydrogen (secondary N) is 2. The van der Waals surface area contributed by atoms with Gasteiger partial charge in [0, 0.05) is 57.5 Å². The number of benzene rings is 1. The van der Waals surface area contributed by atoms with Crippen molar-refractivity contribution in [2.75, 3.05) is 39.0 Å². The van der Waals surface area contributed by atoms with E-state index in [-0.39, 0.29) is 47.4 Å². The van der Waals surface area contributed by atoms with Crippen LogP contribution in [0.3, 0.4) is 0 Å². The average Bonchev–Trinajstić information content (AvgIpc) is 3.30. The molecular weight excluding hydrogens is 956 g/mol. The Kier molecular flexibility index (Phi) is 23.7. The Morgan fingerprint density at radius 1 is 1.09 bits per heavy atom. The first kappa shape index (κ1) is 59.1. The summed E-state index contributed by atoms with van der Waals surface area (Å²) in [4.78, 5) is 70.4. The second-order valence-corrected chi connectivity index (χ2v) is 23.2. The van der Waals surface area contributed by atoms with Crippen molar-refractivity contribution in [1.82, 2.24) is 15.5 Å². The lowest BCUT2D eigenvalue weighted by Crippen LogP contribution is -2.63. The van der Waals surface area contributed by atoms with E-state index in [0.29, 0.717) is 35.9 Å². The monoisotopic (exact) mass is 1040 g/mol. The van der Waals surface area contributed by atoms with Crippen molar-refractivity contribution in [1.29, 1.82) is 0 Å². The fourth-order valence-electron chi connectivity index (χ4n) is 9.56. The zero-order valence-corrected chi connectivity index (χ0v) is 45.6. The van der Waals surface area contributed by atoms with Crippen LogP contribution in [0.25, 0.3) is 0 Å². The molecule has 0 aromatic heterocycles. The molecule has 3 aliphatic rings. The Labute approximate surface area is 429 Å². The van der Waals surface area contributed by atoms with Gasteiger partial charge in [-0.25, -0.2) is 9.59 Å². The molecule has 2 aliphatic heterocycles. The number of fused-ring (bicyclic) bond motifs is 4. The quantitative estimate of drug-likeness (QED) is 0.0657.